The summed E-state index contributed by atoms with van der Waals surface area (Å²) in [4.78, 5) is 12.3. The number of aryl methyl sites for hydroxylation is 3. The zero-order valence-corrected chi connectivity index (χ0v) is 13.0. The monoisotopic (exact) mass is 321 g/mol. The first-order valence-corrected chi connectivity index (χ1v) is 6.77. The number of hydrogen-bond donors (Lipinski definition) is 1. The highest BCUT2D eigenvalue weighted by molar-refractivity contribution is 9.10. The van der Waals surface area contributed by atoms with E-state index in [9.17, 15) is 4.79 Å². The molecule has 1 heterocycles. The molecule has 0 spiro atoms. The molecule has 4 nitrogen and oxygen atoms in total. The molecule has 0 bridgehead atoms. The van der Waals surface area contributed by atoms with Crippen LogP contribution in [0.4, 0.5) is 5.69 Å². The van der Waals surface area contributed by atoms with Crippen molar-refractivity contribution in [3.8, 4) is 0 Å². The van der Waals surface area contributed by atoms with Gasteiger partial charge in [0.05, 0.1) is 10.2 Å². The Morgan fingerprint density at radius 3 is 2.32 bits per heavy atom. The van der Waals surface area contributed by atoms with Crippen LogP contribution < -0.4 is 5.32 Å². The summed E-state index contributed by atoms with van der Waals surface area (Å²) in [6.45, 7) is 5.86. The van der Waals surface area contributed by atoms with Gasteiger partial charge in [-0.05, 0) is 47.8 Å². The summed E-state index contributed by atoms with van der Waals surface area (Å²) in [5.41, 5.74) is 4.26. The lowest BCUT2D eigenvalue weighted by Crippen LogP contribution is -2.15. The Morgan fingerprint density at radius 2 is 1.84 bits per heavy atom. The predicted molar refractivity (Wildman–Crippen MR) is 79.5 cm³/mol. The molecule has 0 unspecified atom stereocenters. The molecule has 1 amide bonds. The number of halogens is 1. The lowest BCUT2D eigenvalue weighted by atomic mass is 10.1. The van der Waals surface area contributed by atoms with E-state index in [1.54, 1.807) is 4.68 Å². The van der Waals surface area contributed by atoms with E-state index in [4.69, 9.17) is 0 Å². The second-order valence-corrected chi connectivity index (χ2v) is 5.39. The molecule has 19 heavy (non-hydrogen) atoms. The van der Waals surface area contributed by atoms with Gasteiger partial charge >= 0.3 is 0 Å². The number of amides is 1. The largest absolute Gasteiger partial charge is 0.320 e. The van der Waals surface area contributed by atoms with Crippen LogP contribution in [0.15, 0.2) is 22.7 Å². The van der Waals surface area contributed by atoms with E-state index in [2.05, 4.69) is 26.3 Å². The third-order valence-corrected chi connectivity index (χ3v) is 4.15. The third kappa shape index (κ3) is 2.56. The number of aromatic nitrogens is 2. The van der Waals surface area contributed by atoms with Gasteiger partial charge in [0.2, 0.25) is 0 Å². The number of carbonyl (C=O) groups is 1. The van der Waals surface area contributed by atoms with Crippen molar-refractivity contribution in [2.24, 2.45) is 7.05 Å². The minimum atomic E-state index is -0.201. The van der Waals surface area contributed by atoms with Crippen molar-refractivity contribution in [2.45, 2.75) is 20.8 Å². The average molecular weight is 322 g/mol. The highest BCUT2D eigenvalue weighted by Crippen LogP contribution is 2.24. The van der Waals surface area contributed by atoms with Crippen LogP contribution >= 0.6 is 15.9 Å². The molecule has 0 atom stereocenters. The van der Waals surface area contributed by atoms with Crippen molar-refractivity contribution in [3.05, 3.63) is 45.2 Å². The smallest absolute Gasteiger partial charge is 0.277 e. The zero-order valence-electron chi connectivity index (χ0n) is 11.4. The standard InChI is InChI=1S/C14H16BrN3O/c1-8-6-5-7-9(2)12(8)16-14(19)13-11(15)10(3)18(4)17-13/h5-7H,1-4H3,(H,16,19). The van der Waals surface area contributed by atoms with Gasteiger partial charge in [0, 0.05) is 12.7 Å². The van der Waals surface area contributed by atoms with Gasteiger partial charge < -0.3 is 5.32 Å². The van der Waals surface area contributed by atoms with Crippen LogP contribution in [0.1, 0.15) is 27.3 Å². The fraction of sp³-hybridized carbons (Fsp3) is 0.286. The number of para-hydroxylation sites is 1. The van der Waals surface area contributed by atoms with Crippen LogP contribution in [-0.4, -0.2) is 15.7 Å². The Kier molecular flexibility index (Phi) is 3.75. The lowest BCUT2D eigenvalue weighted by molar-refractivity contribution is 0.102. The maximum absolute atomic E-state index is 12.3. The van der Waals surface area contributed by atoms with E-state index in [0.717, 1.165) is 27.0 Å². The third-order valence-electron chi connectivity index (χ3n) is 3.20. The maximum atomic E-state index is 12.3. The Morgan fingerprint density at radius 1 is 1.26 bits per heavy atom. The molecule has 0 saturated carbocycles. The normalized spacial score (nSPS) is 10.6. The molecule has 1 aromatic carbocycles. The van der Waals surface area contributed by atoms with Crippen LogP contribution in [0.5, 0.6) is 0 Å². The molecule has 1 aromatic heterocycles. The molecule has 0 radical (unpaired) electrons. The van der Waals surface area contributed by atoms with E-state index in [1.807, 2.05) is 46.0 Å². The Labute approximate surface area is 120 Å². The first-order chi connectivity index (χ1) is 8.91. The summed E-state index contributed by atoms with van der Waals surface area (Å²) in [5, 5.41) is 7.15. The maximum Gasteiger partial charge on any atom is 0.277 e. The molecule has 0 aliphatic rings. The zero-order chi connectivity index (χ0) is 14.2. The molecular formula is C14H16BrN3O. The van der Waals surface area contributed by atoms with Gasteiger partial charge in [0.25, 0.3) is 5.91 Å². The van der Waals surface area contributed by atoms with E-state index >= 15 is 0 Å². The highest BCUT2D eigenvalue weighted by atomic mass is 79.9. The van der Waals surface area contributed by atoms with Crippen molar-refractivity contribution in [1.29, 1.82) is 0 Å². The summed E-state index contributed by atoms with van der Waals surface area (Å²) < 4.78 is 2.42. The van der Waals surface area contributed by atoms with Crippen LogP contribution in [-0.2, 0) is 7.05 Å². The van der Waals surface area contributed by atoms with Crippen molar-refractivity contribution in [1.82, 2.24) is 9.78 Å². The van der Waals surface area contributed by atoms with Crippen molar-refractivity contribution >= 4 is 27.5 Å². The molecule has 0 saturated heterocycles. The number of anilines is 1. The number of carbonyl (C=O) groups excluding carboxylic acids is 1. The van der Waals surface area contributed by atoms with Crippen LogP contribution in [0.25, 0.3) is 0 Å². The van der Waals surface area contributed by atoms with Gasteiger partial charge in [-0.25, -0.2) is 0 Å². The highest BCUT2D eigenvalue weighted by Gasteiger charge is 2.18. The summed E-state index contributed by atoms with van der Waals surface area (Å²) in [7, 11) is 1.82. The summed E-state index contributed by atoms with van der Waals surface area (Å²) in [5.74, 6) is -0.201. The minimum Gasteiger partial charge on any atom is -0.320 e. The molecular weight excluding hydrogens is 306 g/mol. The Hall–Kier alpha value is -1.62. The van der Waals surface area contributed by atoms with E-state index < -0.39 is 0 Å². The van der Waals surface area contributed by atoms with Gasteiger partial charge in [-0.15, -0.1) is 0 Å². The number of nitrogens with zero attached hydrogens (tertiary/aromatic N) is 2. The van der Waals surface area contributed by atoms with Gasteiger partial charge in [-0.1, -0.05) is 18.2 Å². The van der Waals surface area contributed by atoms with Crippen molar-refractivity contribution < 1.29 is 4.79 Å². The number of hydrogen-bond acceptors (Lipinski definition) is 2. The molecule has 2 aromatic rings. The minimum absolute atomic E-state index is 0.201. The van der Waals surface area contributed by atoms with Gasteiger partial charge in [-0.3, -0.25) is 9.48 Å². The van der Waals surface area contributed by atoms with Gasteiger partial charge in [-0.2, -0.15) is 5.10 Å². The molecule has 1 N–H and O–H groups in total. The fourth-order valence-electron chi connectivity index (χ4n) is 1.91. The second-order valence-electron chi connectivity index (χ2n) is 4.59. The Bertz CT molecular complexity index is 626. The average Bonchev–Trinajstić information content (AvgIpc) is 2.62. The quantitative estimate of drug-likeness (QED) is 0.921. The van der Waals surface area contributed by atoms with Crippen LogP contribution in [0.2, 0.25) is 0 Å². The van der Waals surface area contributed by atoms with E-state index in [-0.39, 0.29) is 5.91 Å². The Balaban J connectivity index is 2.34. The number of nitrogens with one attached hydrogen (secondary N) is 1. The first kappa shape index (κ1) is 13.8. The molecule has 100 valence electrons. The summed E-state index contributed by atoms with van der Waals surface area (Å²) in [6.07, 6.45) is 0. The molecule has 2 rings (SSSR count). The number of rotatable bonds is 2. The van der Waals surface area contributed by atoms with Gasteiger partial charge in [0.1, 0.15) is 0 Å². The topological polar surface area (TPSA) is 46.9 Å². The molecule has 0 aliphatic carbocycles. The summed E-state index contributed by atoms with van der Waals surface area (Å²) in [6, 6.07) is 5.92. The van der Waals surface area contributed by atoms with Crippen LogP contribution in [0, 0.1) is 20.8 Å². The first-order valence-electron chi connectivity index (χ1n) is 5.98. The second kappa shape index (κ2) is 5.17. The molecule has 0 aliphatic heterocycles. The molecule has 5 heteroatoms. The van der Waals surface area contributed by atoms with Gasteiger partial charge in [0.15, 0.2) is 5.69 Å². The van der Waals surface area contributed by atoms with E-state index in [0.29, 0.717) is 5.69 Å². The SMILES string of the molecule is Cc1cccc(C)c1NC(=O)c1nn(C)c(C)c1Br. The number of benzene rings is 1. The molecule has 0 fully saturated rings. The summed E-state index contributed by atoms with van der Waals surface area (Å²) >= 11 is 3.41. The fourth-order valence-corrected chi connectivity index (χ4v) is 2.43. The van der Waals surface area contributed by atoms with Crippen molar-refractivity contribution in [2.75, 3.05) is 5.32 Å². The predicted octanol–water partition coefficient (Wildman–Crippen LogP) is 3.36. The van der Waals surface area contributed by atoms with E-state index in [1.165, 1.54) is 0 Å². The lowest BCUT2D eigenvalue weighted by Gasteiger charge is -2.10. The van der Waals surface area contributed by atoms with Crippen molar-refractivity contribution in [3.63, 3.8) is 0 Å². The van der Waals surface area contributed by atoms with Crippen LogP contribution in [0.3, 0.4) is 0 Å².